The average molecular weight is 480 g/mol. The molecule has 1 aromatic rings. The number of carbonyl (C=O) groups excluding carboxylic acids is 2. The molecule has 2 saturated carbocycles. The average Bonchev–Trinajstić information content (AvgIpc) is 3.49. The molecule has 1 unspecified atom stereocenters. The van der Waals surface area contributed by atoms with Gasteiger partial charge in [-0.05, 0) is 87.5 Å². The highest BCUT2D eigenvalue weighted by Crippen LogP contribution is 2.35. The van der Waals surface area contributed by atoms with Gasteiger partial charge in [-0.25, -0.2) is 0 Å². The van der Waals surface area contributed by atoms with Crippen LogP contribution in [0.4, 0.5) is 0 Å². The van der Waals surface area contributed by atoms with Gasteiger partial charge in [0.15, 0.2) is 0 Å². The molecule has 2 amide bonds. The molecule has 3 heterocycles. The quantitative estimate of drug-likeness (QED) is 0.647. The SMILES string of the molecule is C=C1CCC(N2Cc3cc(O[C@@H]4CCC[C@H]4N4CCC(OCC5CC5)CC4)ccc3C2=O)C(=O)N1. The third-order valence-electron chi connectivity index (χ3n) is 8.52. The summed E-state index contributed by atoms with van der Waals surface area (Å²) in [5.41, 5.74) is 2.37. The summed E-state index contributed by atoms with van der Waals surface area (Å²) in [4.78, 5) is 29.8. The second kappa shape index (κ2) is 9.58. The van der Waals surface area contributed by atoms with Crippen LogP contribution >= 0.6 is 0 Å². The molecule has 0 spiro atoms. The van der Waals surface area contributed by atoms with Crippen LogP contribution in [-0.2, 0) is 16.1 Å². The molecular formula is C28H37N3O4. The van der Waals surface area contributed by atoms with Crippen LogP contribution in [0.15, 0.2) is 30.5 Å². The van der Waals surface area contributed by atoms with E-state index in [0.29, 0.717) is 37.1 Å². The zero-order valence-corrected chi connectivity index (χ0v) is 20.5. The number of hydrogen-bond acceptors (Lipinski definition) is 5. The Kier molecular flexibility index (Phi) is 6.31. The summed E-state index contributed by atoms with van der Waals surface area (Å²) in [5.74, 6) is 1.47. The highest BCUT2D eigenvalue weighted by Gasteiger charge is 2.39. The molecular weight excluding hydrogens is 442 g/mol. The van der Waals surface area contributed by atoms with Crippen molar-refractivity contribution in [2.45, 2.75) is 88.6 Å². The lowest BCUT2D eigenvalue weighted by molar-refractivity contribution is -0.126. The fraction of sp³-hybridized carbons (Fsp3) is 0.643. The van der Waals surface area contributed by atoms with Crippen LogP contribution in [-0.4, -0.2) is 65.6 Å². The molecule has 0 aromatic heterocycles. The Labute approximate surface area is 207 Å². The number of allylic oxidation sites excluding steroid dienone is 1. The third-order valence-corrected chi connectivity index (χ3v) is 8.52. The van der Waals surface area contributed by atoms with Gasteiger partial charge < -0.3 is 19.7 Å². The second-order valence-electron chi connectivity index (χ2n) is 11.1. The van der Waals surface area contributed by atoms with Crippen molar-refractivity contribution in [3.05, 3.63) is 41.6 Å². The Balaban J connectivity index is 1.06. The molecule has 0 radical (unpaired) electrons. The molecule has 1 aromatic carbocycles. The first-order valence-corrected chi connectivity index (χ1v) is 13.5. The number of piperidine rings is 2. The molecule has 7 nitrogen and oxygen atoms in total. The van der Waals surface area contributed by atoms with E-state index >= 15 is 0 Å². The number of benzene rings is 1. The molecule has 188 valence electrons. The highest BCUT2D eigenvalue weighted by atomic mass is 16.5. The standard InChI is InChI=1S/C28H37N3O4/c1-18-5-10-25(27(32)29-18)31-16-20-15-22(8-9-23(20)28(31)33)35-26-4-2-3-24(26)30-13-11-21(12-14-30)34-17-19-6-7-19/h8-9,15,19,21,24-26H,1-7,10-14,16-17H2,(H,29,32)/t24-,25?,26-/m1/s1. The number of amides is 2. The zero-order valence-electron chi connectivity index (χ0n) is 20.5. The molecule has 1 N–H and O–H groups in total. The predicted molar refractivity (Wildman–Crippen MR) is 132 cm³/mol. The van der Waals surface area contributed by atoms with Crippen molar-refractivity contribution in [1.29, 1.82) is 0 Å². The normalized spacial score (nSPS) is 30.0. The number of hydrogen-bond donors (Lipinski definition) is 1. The van der Waals surface area contributed by atoms with E-state index in [9.17, 15) is 9.59 Å². The molecule has 0 bridgehead atoms. The maximum absolute atomic E-state index is 13.0. The number of carbonyl (C=O) groups is 2. The first-order valence-electron chi connectivity index (χ1n) is 13.5. The lowest BCUT2D eigenvalue weighted by Crippen LogP contribution is -2.49. The Morgan fingerprint density at radius 2 is 1.86 bits per heavy atom. The van der Waals surface area contributed by atoms with Gasteiger partial charge in [0.1, 0.15) is 17.9 Å². The van der Waals surface area contributed by atoms with E-state index in [1.165, 1.54) is 25.7 Å². The van der Waals surface area contributed by atoms with Crippen molar-refractivity contribution in [3.8, 4) is 5.75 Å². The van der Waals surface area contributed by atoms with Crippen molar-refractivity contribution in [1.82, 2.24) is 15.1 Å². The van der Waals surface area contributed by atoms with E-state index < -0.39 is 6.04 Å². The fourth-order valence-corrected chi connectivity index (χ4v) is 6.27. The molecule has 5 aliphatic rings. The van der Waals surface area contributed by atoms with Gasteiger partial charge in [-0.15, -0.1) is 0 Å². The van der Waals surface area contributed by atoms with Gasteiger partial charge in [0.25, 0.3) is 5.91 Å². The van der Waals surface area contributed by atoms with E-state index in [1.54, 1.807) is 4.90 Å². The summed E-state index contributed by atoms with van der Waals surface area (Å²) in [6, 6.07) is 5.83. The van der Waals surface area contributed by atoms with Gasteiger partial charge in [0.2, 0.25) is 5.91 Å². The van der Waals surface area contributed by atoms with Crippen LogP contribution < -0.4 is 10.1 Å². The maximum Gasteiger partial charge on any atom is 0.255 e. The summed E-state index contributed by atoms with van der Waals surface area (Å²) >= 11 is 0. The molecule has 4 fully saturated rings. The minimum absolute atomic E-state index is 0.0651. The Morgan fingerprint density at radius 1 is 1.03 bits per heavy atom. The summed E-state index contributed by atoms with van der Waals surface area (Å²) in [7, 11) is 0. The number of likely N-dealkylation sites (tertiary alicyclic amines) is 1. The largest absolute Gasteiger partial charge is 0.489 e. The summed E-state index contributed by atoms with van der Waals surface area (Å²) in [5, 5.41) is 2.80. The topological polar surface area (TPSA) is 71.1 Å². The first-order chi connectivity index (χ1) is 17.0. The third kappa shape index (κ3) is 4.85. The summed E-state index contributed by atoms with van der Waals surface area (Å²) in [6.45, 7) is 7.43. The molecule has 35 heavy (non-hydrogen) atoms. The van der Waals surface area contributed by atoms with Crippen LogP contribution in [0.1, 0.15) is 73.7 Å². The Bertz CT molecular complexity index is 998. The van der Waals surface area contributed by atoms with Crippen LogP contribution in [0.25, 0.3) is 0 Å². The number of nitrogens with one attached hydrogen (secondary N) is 1. The van der Waals surface area contributed by atoms with E-state index in [4.69, 9.17) is 9.47 Å². The van der Waals surface area contributed by atoms with Crippen molar-refractivity contribution >= 4 is 11.8 Å². The van der Waals surface area contributed by atoms with E-state index in [2.05, 4.69) is 16.8 Å². The van der Waals surface area contributed by atoms with Crippen LogP contribution in [0.2, 0.25) is 0 Å². The molecule has 2 aliphatic carbocycles. The number of ether oxygens (including phenoxy) is 2. The summed E-state index contributed by atoms with van der Waals surface area (Å²) < 4.78 is 12.7. The zero-order chi connectivity index (χ0) is 23.9. The van der Waals surface area contributed by atoms with Crippen LogP contribution in [0.5, 0.6) is 5.75 Å². The van der Waals surface area contributed by atoms with Crippen LogP contribution in [0, 0.1) is 5.92 Å². The number of rotatable bonds is 7. The van der Waals surface area contributed by atoms with Crippen molar-refractivity contribution in [2.75, 3.05) is 19.7 Å². The Morgan fingerprint density at radius 3 is 2.63 bits per heavy atom. The van der Waals surface area contributed by atoms with E-state index in [0.717, 1.165) is 61.9 Å². The van der Waals surface area contributed by atoms with Crippen molar-refractivity contribution in [3.63, 3.8) is 0 Å². The first kappa shape index (κ1) is 23.0. The lowest BCUT2D eigenvalue weighted by Gasteiger charge is -2.38. The maximum atomic E-state index is 13.0. The van der Waals surface area contributed by atoms with E-state index in [1.807, 2.05) is 18.2 Å². The highest BCUT2D eigenvalue weighted by molar-refractivity contribution is 6.01. The van der Waals surface area contributed by atoms with Crippen molar-refractivity contribution in [2.24, 2.45) is 5.92 Å². The number of nitrogens with zero attached hydrogens (tertiary/aromatic N) is 2. The van der Waals surface area contributed by atoms with Gasteiger partial charge in [-0.1, -0.05) is 6.58 Å². The van der Waals surface area contributed by atoms with Gasteiger partial charge in [0.05, 0.1) is 6.10 Å². The summed E-state index contributed by atoms with van der Waals surface area (Å²) in [6.07, 6.45) is 10.3. The van der Waals surface area contributed by atoms with Crippen LogP contribution in [0.3, 0.4) is 0 Å². The second-order valence-corrected chi connectivity index (χ2v) is 11.1. The molecule has 3 atom stereocenters. The van der Waals surface area contributed by atoms with Gasteiger partial charge in [-0.3, -0.25) is 14.5 Å². The predicted octanol–water partition coefficient (Wildman–Crippen LogP) is 3.63. The minimum Gasteiger partial charge on any atom is -0.489 e. The molecule has 2 saturated heterocycles. The number of fused-ring (bicyclic) bond motifs is 1. The fourth-order valence-electron chi connectivity index (χ4n) is 6.27. The minimum atomic E-state index is -0.430. The Hall–Kier alpha value is -2.38. The van der Waals surface area contributed by atoms with Gasteiger partial charge >= 0.3 is 0 Å². The van der Waals surface area contributed by atoms with Gasteiger partial charge in [-0.2, -0.15) is 0 Å². The van der Waals surface area contributed by atoms with E-state index in [-0.39, 0.29) is 17.9 Å². The molecule has 6 rings (SSSR count). The molecule has 3 aliphatic heterocycles. The smallest absolute Gasteiger partial charge is 0.255 e. The van der Waals surface area contributed by atoms with Crippen molar-refractivity contribution < 1.29 is 19.1 Å². The molecule has 7 heteroatoms. The monoisotopic (exact) mass is 479 g/mol. The lowest BCUT2D eigenvalue weighted by atomic mass is 10.0. The van der Waals surface area contributed by atoms with Gasteiger partial charge in [0, 0.05) is 43.5 Å².